The first-order chi connectivity index (χ1) is 12.3. The quantitative estimate of drug-likeness (QED) is 0.834. The standard InChI is InChI=1S/C21H29N3O2/c1-7-23(8-2)21(26)17-11-9-10-12-19(17)22-20(25)18-13-15(5)24(14(3)4)16(18)6/h9-14H,7-8H2,1-6H3,(H,22,25). The first-order valence-corrected chi connectivity index (χ1v) is 9.19. The molecule has 0 bridgehead atoms. The lowest BCUT2D eigenvalue weighted by Gasteiger charge is -2.20. The van der Waals surface area contributed by atoms with Crippen LogP contribution in [0.5, 0.6) is 0 Å². The number of nitrogens with zero attached hydrogens (tertiary/aromatic N) is 2. The smallest absolute Gasteiger partial charge is 0.257 e. The van der Waals surface area contributed by atoms with Crippen LogP contribution in [0.3, 0.4) is 0 Å². The summed E-state index contributed by atoms with van der Waals surface area (Å²) in [6.07, 6.45) is 0. The fourth-order valence-corrected chi connectivity index (χ4v) is 3.45. The third-order valence-electron chi connectivity index (χ3n) is 4.70. The van der Waals surface area contributed by atoms with Gasteiger partial charge in [-0.3, -0.25) is 9.59 Å². The minimum absolute atomic E-state index is 0.0708. The van der Waals surface area contributed by atoms with Crippen molar-refractivity contribution in [3.63, 3.8) is 0 Å². The molecule has 26 heavy (non-hydrogen) atoms. The van der Waals surface area contributed by atoms with Crippen LogP contribution in [0, 0.1) is 13.8 Å². The molecule has 0 unspecified atom stereocenters. The Labute approximate surface area is 156 Å². The van der Waals surface area contributed by atoms with Crippen LogP contribution in [0.4, 0.5) is 5.69 Å². The molecule has 5 heteroatoms. The summed E-state index contributed by atoms with van der Waals surface area (Å²) in [4.78, 5) is 27.3. The maximum atomic E-state index is 12.9. The van der Waals surface area contributed by atoms with E-state index in [1.807, 2.05) is 45.9 Å². The lowest BCUT2D eigenvalue weighted by molar-refractivity contribution is 0.0774. The largest absolute Gasteiger partial charge is 0.346 e. The van der Waals surface area contributed by atoms with E-state index in [2.05, 4.69) is 23.7 Å². The number of amides is 2. The number of carbonyl (C=O) groups excluding carboxylic acids is 2. The number of rotatable bonds is 6. The Balaban J connectivity index is 2.34. The highest BCUT2D eigenvalue weighted by Crippen LogP contribution is 2.23. The third kappa shape index (κ3) is 3.82. The third-order valence-corrected chi connectivity index (χ3v) is 4.70. The molecule has 0 atom stereocenters. The first-order valence-electron chi connectivity index (χ1n) is 9.19. The fourth-order valence-electron chi connectivity index (χ4n) is 3.45. The molecule has 2 amide bonds. The van der Waals surface area contributed by atoms with E-state index in [4.69, 9.17) is 0 Å². The maximum absolute atomic E-state index is 12.9. The van der Waals surface area contributed by atoms with E-state index in [-0.39, 0.29) is 17.9 Å². The number of nitrogens with one attached hydrogen (secondary N) is 1. The summed E-state index contributed by atoms with van der Waals surface area (Å²) in [6.45, 7) is 13.3. The Morgan fingerprint density at radius 1 is 1.08 bits per heavy atom. The van der Waals surface area contributed by atoms with Gasteiger partial charge in [0.15, 0.2) is 0 Å². The zero-order valence-electron chi connectivity index (χ0n) is 16.6. The van der Waals surface area contributed by atoms with E-state index in [0.29, 0.717) is 29.9 Å². The van der Waals surface area contributed by atoms with Crippen molar-refractivity contribution in [2.75, 3.05) is 18.4 Å². The van der Waals surface area contributed by atoms with Crippen LogP contribution in [0.15, 0.2) is 30.3 Å². The highest BCUT2D eigenvalue weighted by atomic mass is 16.2. The van der Waals surface area contributed by atoms with Crippen molar-refractivity contribution in [1.29, 1.82) is 0 Å². The SMILES string of the molecule is CCN(CC)C(=O)c1ccccc1NC(=O)c1cc(C)n(C(C)C)c1C. The molecular formula is C21H29N3O2. The summed E-state index contributed by atoms with van der Waals surface area (Å²) in [5, 5.41) is 2.93. The molecule has 140 valence electrons. The normalized spacial score (nSPS) is 10.9. The second-order valence-electron chi connectivity index (χ2n) is 6.73. The summed E-state index contributed by atoms with van der Waals surface area (Å²) in [7, 11) is 0. The molecule has 0 fully saturated rings. The van der Waals surface area contributed by atoms with Crippen LogP contribution in [0.1, 0.15) is 65.8 Å². The van der Waals surface area contributed by atoms with E-state index >= 15 is 0 Å². The molecule has 1 heterocycles. The van der Waals surface area contributed by atoms with E-state index in [1.54, 1.807) is 17.0 Å². The lowest BCUT2D eigenvalue weighted by atomic mass is 10.1. The number of carbonyl (C=O) groups is 2. The molecule has 1 aromatic heterocycles. The van der Waals surface area contributed by atoms with Gasteiger partial charge in [0.05, 0.1) is 16.8 Å². The van der Waals surface area contributed by atoms with Crippen LogP contribution in [-0.4, -0.2) is 34.4 Å². The topological polar surface area (TPSA) is 54.3 Å². The fraction of sp³-hybridized carbons (Fsp3) is 0.429. The van der Waals surface area contributed by atoms with Gasteiger partial charge >= 0.3 is 0 Å². The second kappa shape index (κ2) is 8.21. The number of hydrogen-bond donors (Lipinski definition) is 1. The van der Waals surface area contributed by atoms with Crippen molar-refractivity contribution in [2.45, 2.75) is 47.6 Å². The lowest BCUT2D eigenvalue weighted by Crippen LogP contribution is -2.31. The van der Waals surface area contributed by atoms with Gasteiger partial charge in [-0.05, 0) is 59.7 Å². The van der Waals surface area contributed by atoms with Crippen molar-refractivity contribution >= 4 is 17.5 Å². The molecule has 2 aromatic rings. The first kappa shape index (κ1) is 19.8. The van der Waals surface area contributed by atoms with Crippen LogP contribution in [-0.2, 0) is 0 Å². The predicted octanol–water partition coefficient (Wildman–Crippen LogP) is 4.42. The van der Waals surface area contributed by atoms with Crippen molar-refractivity contribution < 1.29 is 9.59 Å². The molecule has 2 rings (SSSR count). The molecule has 0 saturated carbocycles. The molecule has 0 aliphatic rings. The Morgan fingerprint density at radius 2 is 1.69 bits per heavy atom. The summed E-state index contributed by atoms with van der Waals surface area (Å²) >= 11 is 0. The highest BCUT2D eigenvalue weighted by molar-refractivity contribution is 6.09. The van der Waals surface area contributed by atoms with Crippen molar-refractivity contribution in [3.05, 3.63) is 52.8 Å². The van der Waals surface area contributed by atoms with Crippen LogP contribution < -0.4 is 5.32 Å². The molecule has 0 aliphatic heterocycles. The Hall–Kier alpha value is -2.56. The predicted molar refractivity (Wildman–Crippen MR) is 106 cm³/mol. The van der Waals surface area contributed by atoms with Crippen LogP contribution in [0.2, 0.25) is 0 Å². The summed E-state index contributed by atoms with van der Waals surface area (Å²) in [6, 6.07) is 9.36. The average Bonchev–Trinajstić information content (AvgIpc) is 2.91. The average molecular weight is 355 g/mol. The van der Waals surface area contributed by atoms with Gasteiger partial charge < -0.3 is 14.8 Å². The Morgan fingerprint density at radius 3 is 2.23 bits per heavy atom. The minimum Gasteiger partial charge on any atom is -0.346 e. The van der Waals surface area contributed by atoms with Crippen LogP contribution in [0.25, 0.3) is 0 Å². The van der Waals surface area contributed by atoms with E-state index in [0.717, 1.165) is 11.4 Å². The zero-order valence-corrected chi connectivity index (χ0v) is 16.6. The summed E-state index contributed by atoms with van der Waals surface area (Å²) in [5.74, 6) is -0.261. The van der Waals surface area contributed by atoms with Gasteiger partial charge in [0.1, 0.15) is 0 Å². The minimum atomic E-state index is -0.190. The van der Waals surface area contributed by atoms with Gasteiger partial charge in [-0.1, -0.05) is 12.1 Å². The number of aromatic nitrogens is 1. The van der Waals surface area contributed by atoms with Crippen molar-refractivity contribution in [2.24, 2.45) is 0 Å². The molecule has 5 nitrogen and oxygen atoms in total. The summed E-state index contributed by atoms with van der Waals surface area (Å²) in [5.41, 5.74) is 3.69. The molecule has 0 saturated heterocycles. The number of anilines is 1. The zero-order chi connectivity index (χ0) is 19.4. The maximum Gasteiger partial charge on any atom is 0.257 e. The van der Waals surface area contributed by atoms with E-state index in [9.17, 15) is 9.59 Å². The molecule has 0 radical (unpaired) electrons. The van der Waals surface area contributed by atoms with Crippen molar-refractivity contribution in [1.82, 2.24) is 9.47 Å². The number of benzene rings is 1. The van der Waals surface area contributed by atoms with E-state index in [1.165, 1.54) is 0 Å². The van der Waals surface area contributed by atoms with Gasteiger partial charge in [0, 0.05) is 30.5 Å². The van der Waals surface area contributed by atoms with Crippen LogP contribution >= 0.6 is 0 Å². The molecular weight excluding hydrogens is 326 g/mol. The Bertz CT molecular complexity index is 802. The number of para-hydroxylation sites is 1. The molecule has 0 spiro atoms. The molecule has 1 N–H and O–H groups in total. The Kier molecular flexibility index (Phi) is 6.24. The highest BCUT2D eigenvalue weighted by Gasteiger charge is 2.21. The monoisotopic (exact) mass is 355 g/mol. The van der Waals surface area contributed by atoms with Crippen molar-refractivity contribution in [3.8, 4) is 0 Å². The van der Waals surface area contributed by atoms with Gasteiger partial charge in [0.2, 0.25) is 0 Å². The summed E-state index contributed by atoms with van der Waals surface area (Å²) < 4.78 is 2.14. The molecule has 1 aromatic carbocycles. The van der Waals surface area contributed by atoms with Gasteiger partial charge in [-0.2, -0.15) is 0 Å². The van der Waals surface area contributed by atoms with Gasteiger partial charge in [-0.15, -0.1) is 0 Å². The van der Waals surface area contributed by atoms with E-state index < -0.39 is 0 Å². The molecule has 0 aliphatic carbocycles. The number of aryl methyl sites for hydroxylation is 1. The number of hydrogen-bond acceptors (Lipinski definition) is 2. The van der Waals surface area contributed by atoms with Gasteiger partial charge in [-0.25, -0.2) is 0 Å². The van der Waals surface area contributed by atoms with Gasteiger partial charge in [0.25, 0.3) is 11.8 Å². The second-order valence-corrected chi connectivity index (χ2v) is 6.73.